The van der Waals surface area contributed by atoms with Crippen LogP contribution in [0.5, 0.6) is 0 Å². The van der Waals surface area contributed by atoms with Gasteiger partial charge in [0, 0.05) is 5.69 Å². The molecule has 1 heterocycles. The molecule has 0 fully saturated rings. The highest BCUT2D eigenvalue weighted by atomic mass is 16.3. The lowest BCUT2D eigenvalue weighted by Crippen LogP contribution is -2.05. The maximum absolute atomic E-state index is 12.6. The second-order valence-electron chi connectivity index (χ2n) is 5.03. The fourth-order valence-corrected chi connectivity index (χ4v) is 2.25. The van der Waals surface area contributed by atoms with Gasteiger partial charge in [0.15, 0.2) is 5.43 Å². The fourth-order valence-electron chi connectivity index (χ4n) is 2.25. The molecule has 0 saturated carbocycles. The third kappa shape index (κ3) is 1.97. The topological polar surface area (TPSA) is 56.2 Å². The van der Waals surface area contributed by atoms with Crippen molar-refractivity contribution in [1.82, 2.24) is 0 Å². The number of fused-ring (bicyclic) bond motifs is 1. The lowest BCUT2D eigenvalue weighted by Gasteiger charge is -2.05. The molecular formula is C17H15NO2. The number of anilines is 1. The maximum Gasteiger partial charge on any atom is 0.200 e. The predicted octanol–water partition coefficient (Wildman–Crippen LogP) is 3.66. The van der Waals surface area contributed by atoms with Gasteiger partial charge in [-0.25, -0.2) is 0 Å². The second kappa shape index (κ2) is 4.53. The Morgan fingerprint density at radius 1 is 1.00 bits per heavy atom. The van der Waals surface area contributed by atoms with Gasteiger partial charge in [0.25, 0.3) is 0 Å². The van der Waals surface area contributed by atoms with Crippen molar-refractivity contribution in [3.63, 3.8) is 0 Å². The van der Waals surface area contributed by atoms with Crippen LogP contribution in [0.1, 0.15) is 11.1 Å². The van der Waals surface area contributed by atoms with E-state index in [1.54, 1.807) is 12.1 Å². The molecule has 0 bridgehead atoms. The lowest BCUT2D eigenvalue weighted by molar-refractivity contribution is 0.604. The number of hydrogen-bond donors (Lipinski definition) is 1. The van der Waals surface area contributed by atoms with Gasteiger partial charge in [-0.1, -0.05) is 12.1 Å². The van der Waals surface area contributed by atoms with Crippen LogP contribution in [-0.4, -0.2) is 0 Å². The normalized spacial score (nSPS) is 10.9. The molecule has 3 rings (SSSR count). The summed E-state index contributed by atoms with van der Waals surface area (Å²) in [5.41, 5.74) is 10.5. The summed E-state index contributed by atoms with van der Waals surface area (Å²) >= 11 is 0. The Bertz CT molecular complexity index is 845. The fraction of sp³-hybridized carbons (Fsp3) is 0.118. The van der Waals surface area contributed by atoms with E-state index in [-0.39, 0.29) is 5.43 Å². The third-order valence-corrected chi connectivity index (χ3v) is 3.61. The van der Waals surface area contributed by atoms with E-state index in [4.69, 9.17) is 10.2 Å². The van der Waals surface area contributed by atoms with E-state index in [9.17, 15) is 4.79 Å². The summed E-state index contributed by atoms with van der Waals surface area (Å²) in [5.74, 6) is 0. The summed E-state index contributed by atoms with van der Waals surface area (Å²) in [7, 11) is 0. The van der Waals surface area contributed by atoms with Crippen LogP contribution in [0.25, 0.3) is 22.1 Å². The highest BCUT2D eigenvalue weighted by Crippen LogP contribution is 2.22. The molecule has 0 spiro atoms. The zero-order chi connectivity index (χ0) is 14.3. The van der Waals surface area contributed by atoms with E-state index in [0.717, 1.165) is 16.7 Å². The molecule has 0 saturated heterocycles. The SMILES string of the molecule is Cc1cc2occ(-c3ccc(N)cc3)c(=O)c2cc1C. The Kier molecular flexibility index (Phi) is 2.83. The van der Waals surface area contributed by atoms with Crippen molar-refractivity contribution in [1.29, 1.82) is 0 Å². The highest BCUT2D eigenvalue weighted by molar-refractivity contribution is 5.83. The van der Waals surface area contributed by atoms with E-state index < -0.39 is 0 Å². The van der Waals surface area contributed by atoms with Crippen LogP contribution in [0.15, 0.2) is 51.9 Å². The summed E-state index contributed by atoms with van der Waals surface area (Å²) < 4.78 is 5.61. The minimum atomic E-state index is -0.0147. The number of aryl methyl sites for hydroxylation is 2. The van der Waals surface area contributed by atoms with Crippen LogP contribution in [0.3, 0.4) is 0 Å². The molecule has 0 aliphatic heterocycles. The molecule has 0 amide bonds. The molecule has 0 atom stereocenters. The van der Waals surface area contributed by atoms with E-state index in [1.165, 1.54) is 6.26 Å². The van der Waals surface area contributed by atoms with Crippen molar-refractivity contribution < 1.29 is 4.42 Å². The molecule has 1 aromatic heterocycles. The molecule has 3 heteroatoms. The van der Waals surface area contributed by atoms with Crippen molar-refractivity contribution in [3.05, 3.63) is 64.0 Å². The largest absolute Gasteiger partial charge is 0.463 e. The van der Waals surface area contributed by atoms with Crippen molar-refractivity contribution >= 4 is 16.7 Å². The average molecular weight is 265 g/mol. The highest BCUT2D eigenvalue weighted by Gasteiger charge is 2.10. The first-order chi connectivity index (χ1) is 9.56. The Hall–Kier alpha value is -2.55. The first kappa shape index (κ1) is 12.5. The van der Waals surface area contributed by atoms with Crippen LogP contribution >= 0.6 is 0 Å². The Labute approximate surface area is 116 Å². The standard InChI is InChI=1S/C17H15NO2/c1-10-7-14-16(8-11(10)2)20-9-15(17(14)19)12-3-5-13(18)6-4-12/h3-9H,18H2,1-2H3. The Balaban J connectivity index is 2.28. The second-order valence-corrected chi connectivity index (χ2v) is 5.03. The van der Waals surface area contributed by atoms with Crippen LogP contribution in [0.2, 0.25) is 0 Å². The van der Waals surface area contributed by atoms with Gasteiger partial charge in [-0.3, -0.25) is 4.79 Å². The number of nitrogens with two attached hydrogens (primary N) is 1. The lowest BCUT2D eigenvalue weighted by atomic mass is 10.0. The van der Waals surface area contributed by atoms with E-state index in [2.05, 4.69) is 0 Å². The molecular weight excluding hydrogens is 250 g/mol. The molecule has 20 heavy (non-hydrogen) atoms. The summed E-state index contributed by atoms with van der Waals surface area (Å²) in [5, 5.41) is 0.613. The quantitative estimate of drug-likeness (QED) is 0.683. The molecule has 0 aliphatic carbocycles. The van der Waals surface area contributed by atoms with Gasteiger partial charge >= 0.3 is 0 Å². The zero-order valence-corrected chi connectivity index (χ0v) is 11.4. The van der Waals surface area contributed by atoms with E-state index in [0.29, 0.717) is 22.2 Å². The van der Waals surface area contributed by atoms with Gasteiger partial charge in [-0.15, -0.1) is 0 Å². The summed E-state index contributed by atoms with van der Waals surface area (Å²) in [6, 6.07) is 11.0. The number of nitrogen functional groups attached to an aromatic ring is 1. The van der Waals surface area contributed by atoms with Crippen molar-refractivity contribution in [2.45, 2.75) is 13.8 Å². The van der Waals surface area contributed by atoms with Gasteiger partial charge < -0.3 is 10.2 Å². The maximum atomic E-state index is 12.6. The van der Waals surface area contributed by atoms with Crippen LogP contribution < -0.4 is 11.2 Å². The van der Waals surface area contributed by atoms with Crippen molar-refractivity contribution in [2.75, 3.05) is 5.73 Å². The molecule has 3 aromatic rings. The van der Waals surface area contributed by atoms with Crippen LogP contribution in [-0.2, 0) is 0 Å². The molecule has 0 aliphatic rings. The summed E-state index contributed by atoms with van der Waals surface area (Å²) in [4.78, 5) is 12.6. The third-order valence-electron chi connectivity index (χ3n) is 3.61. The summed E-state index contributed by atoms with van der Waals surface area (Å²) in [6.45, 7) is 3.99. The van der Waals surface area contributed by atoms with Gasteiger partial charge in [-0.05, 0) is 54.8 Å². The predicted molar refractivity (Wildman–Crippen MR) is 81.8 cm³/mol. The molecule has 100 valence electrons. The minimum Gasteiger partial charge on any atom is -0.463 e. The van der Waals surface area contributed by atoms with E-state index in [1.807, 2.05) is 38.1 Å². The molecule has 2 N–H and O–H groups in total. The van der Waals surface area contributed by atoms with Gasteiger partial charge in [0.1, 0.15) is 11.8 Å². The van der Waals surface area contributed by atoms with Gasteiger partial charge in [0.05, 0.1) is 10.9 Å². The molecule has 2 aromatic carbocycles. The van der Waals surface area contributed by atoms with Crippen LogP contribution in [0.4, 0.5) is 5.69 Å². The smallest absolute Gasteiger partial charge is 0.200 e. The van der Waals surface area contributed by atoms with Gasteiger partial charge in [-0.2, -0.15) is 0 Å². The molecule has 3 nitrogen and oxygen atoms in total. The molecule has 0 radical (unpaired) electrons. The summed E-state index contributed by atoms with van der Waals surface area (Å²) in [6.07, 6.45) is 1.52. The number of rotatable bonds is 1. The average Bonchev–Trinajstić information content (AvgIpc) is 2.43. The first-order valence-electron chi connectivity index (χ1n) is 6.45. The minimum absolute atomic E-state index is 0.0147. The molecule has 0 unspecified atom stereocenters. The zero-order valence-electron chi connectivity index (χ0n) is 11.4. The number of hydrogen-bond acceptors (Lipinski definition) is 3. The van der Waals surface area contributed by atoms with Crippen molar-refractivity contribution in [3.8, 4) is 11.1 Å². The number of benzene rings is 2. The first-order valence-corrected chi connectivity index (χ1v) is 6.45. The Morgan fingerprint density at radius 2 is 1.65 bits per heavy atom. The van der Waals surface area contributed by atoms with Crippen LogP contribution in [0, 0.1) is 13.8 Å². The van der Waals surface area contributed by atoms with E-state index >= 15 is 0 Å². The van der Waals surface area contributed by atoms with Gasteiger partial charge in [0.2, 0.25) is 0 Å². The Morgan fingerprint density at radius 3 is 2.35 bits per heavy atom. The monoisotopic (exact) mass is 265 g/mol. The van der Waals surface area contributed by atoms with Crippen molar-refractivity contribution in [2.24, 2.45) is 0 Å².